The number of halogens is 1. The van der Waals surface area contributed by atoms with Gasteiger partial charge in [-0.1, -0.05) is 11.6 Å². The molecule has 0 spiro atoms. The maximum Gasteiger partial charge on any atom is 0.345 e. The second kappa shape index (κ2) is 7.24. The number of nitrogens with zero attached hydrogens (tertiary/aromatic N) is 1. The van der Waals surface area contributed by atoms with Crippen LogP contribution in [0.3, 0.4) is 0 Å². The van der Waals surface area contributed by atoms with E-state index >= 15 is 0 Å². The third-order valence-electron chi connectivity index (χ3n) is 4.02. The Kier molecular flexibility index (Phi) is 4.98. The summed E-state index contributed by atoms with van der Waals surface area (Å²) in [6.45, 7) is 2.91. The topological polar surface area (TPSA) is 117 Å². The summed E-state index contributed by atoms with van der Waals surface area (Å²) < 4.78 is 10.4. The molecule has 0 fully saturated rings. The van der Waals surface area contributed by atoms with Gasteiger partial charge in [-0.15, -0.1) is 0 Å². The number of hydrogen-bond acceptors (Lipinski definition) is 7. The van der Waals surface area contributed by atoms with Crippen molar-refractivity contribution in [2.75, 3.05) is 0 Å². The number of aryl methyl sites for hydroxylation is 1. The average Bonchev–Trinajstić information content (AvgIpc) is 2.60. The minimum Gasteiger partial charge on any atom is -0.422 e. The Hall–Kier alpha value is -3.52. The lowest BCUT2D eigenvalue weighted by molar-refractivity contribution is -0.384. The van der Waals surface area contributed by atoms with Crippen molar-refractivity contribution in [1.82, 2.24) is 0 Å². The molecule has 0 unspecified atom stereocenters. The molecular formula is C19H12ClNO7. The van der Waals surface area contributed by atoms with Crippen molar-refractivity contribution in [3.63, 3.8) is 0 Å². The van der Waals surface area contributed by atoms with Crippen LogP contribution in [0.4, 0.5) is 5.69 Å². The number of nitro benzene ring substituents is 1. The molecule has 142 valence electrons. The number of rotatable bonds is 4. The van der Waals surface area contributed by atoms with E-state index in [9.17, 15) is 24.5 Å². The van der Waals surface area contributed by atoms with Crippen molar-refractivity contribution in [3.8, 4) is 5.75 Å². The van der Waals surface area contributed by atoms with Crippen LogP contribution in [-0.4, -0.2) is 16.7 Å². The summed E-state index contributed by atoms with van der Waals surface area (Å²) in [6.07, 6.45) is 0. The molecule has 3 rings (SSSR count). The number of benzene rings is 2. The van der Waals surface area contributed by atoms with E-state index in [1.807, 2.05) is 0 Å². The quantitative estimate of drug-likeness (QED) is 0.161. The molecule has 28 heavy (non-hydrogen) atoms. The lowest BCUT2D eigenvalue weighted by atomic mass is 10.0. The van der Waals surface area contributed by atoms with Gasteiger partial charge >= 0.3 is 11.6 Å². The largest absolute Gasteiger partial charge is 0.422 e. The number of non-ortho nitro benzene ring substituents is 1. The molecule has 0 aliphatic heterocycles. The van der Waals surface area contributed by atoms with E-state index in [0.29, 0.717) is 10.9 Å². The number of hydrogen-bond donors (Lipinski definition) is 0. The van der Waals surface area contributed by atoms with E-state index in [1.54, 1.807) is 6.92 Å². The monoisotopic (exact) mass is 401 g/mol. The van der Waals surface area contributed by atoms with Crippen molar-refractivity contribution < 1.29 is 23.7 Å². The third kappa shape index (κ3) is 3.49. The van der Waals surface area contributed by atoms with Gasteiger partial charge in [0.25, 0.3) is 5.69 Å². The van der Waals surface area contributed by atoms with Gasteiger partial charge in [0.2, 0.25) is 0 Å². The van der Waals surface area contributed by atoms with Gasteiger partial charge in [0.1, 0.15) is 11.3 Å². The molecule has 0 aliphatic carbocycles. The molecule has 0 bridgehead atoms. The van der Waals surface area contributed by atoms with E-state index in [1.165, 1.54) is 31.2 Å². The summed E-state index contributed by atoms with van der Waals surface area (Å²) >= 11 is 5.95. The zero-order valence-corrected chi connectivity index (χ0v) is 15.4. The van der Waals surface area contributed by atoms with Gasteiger partial charge in [0.15, 0.2) is 11.4 Å². The van der Waals surface area contributed by atoms with E-state index in [0.717, 1.165) is 12.1 Å². The number of carbonyl (C=O) groups is 2. The predicted molar refractivity (Wildman–Crippen MR) is 100 cm³/mol. The molecule has 0 amide bonds. The number of carbonyl (C=O) groups excluding carboxylic acids is 2. The van der Waals surface area contributed by atoms with Crippen LogP contribution in [0, 0.1) is 17.0 Å². The van der Waals surface area contributed by atoms with Gasteiger partial charge in [0.05, 0.1) is 15.5 Å². The van der Waals surface area contributed by atoms with Gasteiger partial charge < -0.3 is 9.15 Å². The van der Waals surface area contributed by atoms with E-state index in [2.05, 4.69) is 0 Å². The Morgan fingerprint density at radius 2 is 1.89 bits per heavy atom. The molecule has 2 aromatic carbocycles. The summed E-state index contributed by atoms with van der Waals surface area (Å²) in [5.41, 5.74) is -0.744. The molecule has 9 heteroatoms. The van der Waals surface area contributed by atoms with Crippen molar-refractivity contribution in [1.29, 1.82) is 0 Å². The number of ketones is 1. The van der Waals surface area contributed by atoms with Crippen LogP contribution >= 0.6 is 11.6 Å². The first-order valence-electron chi connectivity index (χ1n) is 7.93. The Labute approximate surface area is 162 Å². The predicted octanol–water partition coefficient (Wildman–Crippen LogP) is 4.08. The van der Waals surface area contributed by atoms with Crippen molar-refractivity contribution in [2.24, 2.45) is 0 Å². The summed E-state index contributed by atoms with van der Waals surface area (Å²) in [4.78, 5) is 46.6. The second-order valence-corrected chi connectivity index (χ2v) is 6.34. The highest BCUT2D eigenvalue weighted by Crippen LogP contribution is 2.31. The van der Waals surface area contributed by atoms with E-state index in [4.69, 9.17) is 20.8 Å². The lowest BCUT2D eigenvalue weighted by Crippen LogP contribution is -2.13. The molecule has 1 aromatic heterocycles. The highest BCUT2D eigenvalue weighted by molar-refractivity contribution is 6.33. The number of nitro groups is 1. The summed E-state index contributed by atoms with van der Waals surface area (Å²) in [6, 6.07) is 7.52. The third-order valence-corrected chi connectivity index (χ3v) is 4.35. The zero-order valence-electron chi connectivity index (χ0n) is 14.6. The molecule has 0 atom stereocenters. The van der Waals surface area contributed by atoms with Gasteiger partial charge in [-0.2, -0.15) is 0 Å². The molecule has 0 radical (unpaired) electrons. The second-order valence-electron chi connectivity index (χ2n) is 5.93. The fraction of sp³-hybridized carbons (Fsp3) is 0.105. The molecule has 8 nitrogen and oxygen atoms in total. The highest BCUT2D eigenvalue weighted by atomic mass is 35.5. The van der Waals surface area contributed by atoms with Crippen LogP contribution < -0.4 is 10.4 Å². The maximum absolute atomic E-state index is 12.5. The minimum atomic E-state index is -0.995. The van der Waals surface area contributed by atoms with Crippen molar-refractivity contribution in [2.45, 2.75) is 13.8 Å². The number of fused-ring (bicyclic) bond motifs is 1. The number of esters is 1. The van der Waals surface area contributed by atoms with E-state index < -0.39 is 22.3 Å². The van der Waals surface area contributed by atoms with Crippen molar-refractivity contribution in [3.05, 3.63) is 78.6 Å². The maximum atomic E-state index is 12.5. The summed E-state index contributed by atoms with van der Waals surface area (Å²) in [7, 11) is 0. The first-order valence-corrected chi connectivity index (χ1v) is 8.31. The van der Waals surface area contributed by atoms with Gasteiger partial charge in [0, 0.05) is 23.6 Å². The summed E-state index contributed by atoms with van der Waals surface area (Å²) in [5.74, 6) is -1.64. The van der Waals surface area contributed by atoms with Gasteiger partial charge in [-0.05, 0) is 37.6 Å². The fourth-order valence-electron chi connectivity index (χ4n) is 2.72. The van der Waals surface area contributed by atoms with Crippen molar-refractivity contribution >= 4 is 40.0 Å². The molecular weight excluding hydrogens is 390 g/mol. The van der Waals surface area contributed by atoms with Crippen LogP contribution in [0.5, 0.6) is 5.75 Å². The normalized spacial score (nSPS) is 10.7. The van der Waals surface area contributed by atoms with Gasteiger partial charge in [-0.3, -0.25) is 14.9 Å². The SMILES string of the molecule is CC(=O)c1c(OC(=O)c2cc([N+](=O)[O-])ccc2Cl)ccc2c(C)cc(=O)oc12. The Balaban J connectivity index is 2.13. The van der Waals surface area contributed by atoms with Crippen LogP contribution in [0.25, 0.3) is 11.0 Å². The molecule has 0 aliphatic rings. The lowest BCUT2D eigenvalue weighted by Gasteiger charge is -2.11. The molecule has 0 saturated carbocycles. The van der Waals surface area contributed by atoms with Crippen LogP contribution in [0.1, 0.15) is 33.2 Å². The van der Waals surface area contributed by atoms with Crippen LogP contribution in [0.15, 0.2) is 45.6 Å². The number of ether oxygens (including phenoxy) is 1. The zero-order chi connectivity index (χ0) is 20.6. The van der Waals surface area contributed by atoms with Gasteiger partial charge in [-0.25, -0.2) is 9.59 Å². The Morgan fingerprint density at radius 1 is 1.18 bits per heavy atom. The van der Waals surface area contributed by atoms with Crippen LogP contribution in [0.2, 0.25) is 5.02 Å². The summed E-state index contributed by atoms with van der Waals surface area (Å²) in [5, 5.41) is 11.4. The molecule has 1 heterocycles. The first-order chi connectivity index (χ1) is 13.2. The Morgan fingerprint density at radius 3 is 2.54 bits per heavy atom. The first kappa shape index (κ1) is 19.2. The number of Topliss-reactive ketones (excluding diaryl/α,β-unsaturated/α-hetero) is 1. The average molecular weight is 402 g/mol. The molecule has 0 saturated heterocycles. The molecule has 0 N–H and O–H groups in total. The smallest absolute Gasteiger partial charge is 0.345 e. The van der Waals surface area contributed by atoms with E-state index in [-0.39, 0.29) is 33.2 Å². The Bertz CT molecular complexity index is 1210. The minimum absolute atomic E-state index is 0.00654. The highest BCUT2D eigenvalue weighted by Gasteiger charge is 2.22. The molecule has 3 aromatic rings. The standard InChI is InChI=1S/C19H12ClNO7/c1-9-7-16(23)28-18-12(9)4-6-15(17(18)10(2)22)27-19(24)13-8-11(21(25)26)3-5-14(13)20/h3-8H,1-2H3. The van der Waals surface area contributed by atoms with Crippen LogP contribution in [-0.2, 0) is 0 Å². The fourth-order valence-corrected chi connectivity index (χ4v) is 2.92.